The van der Waals surface area contributed by atoms with E-state index < -0.39 is 29.8 Å². The highest BCUT2D eigenvalue weighted by atomic mass is 19.1. The molecule has 2 N–H and O–H groups in total. The van der Waals surface area contributed by atoms with E-state index in [4.69, 9.17) is 15.3 Å². The fourth-order valence-corrected chi connectivity index (χ4v) is 0.915. The molecular formula is C7H4BF2NO2. The van der Waals surface area contributed by atoms with Crippen molar-refractivity contribution >= 4 is 12.6 Å². The molecule has 0 atom stereocenters. The molecule has 0 heterocycles. The van der Waals surface area contributed by atoms with Crippen LogP contribution in [0.5, 0.6) is 0 Å². The van der Waals surface area contributed by atoms with Gasteiger partial charge in [-0.1, -0.05) is 0 Å². The van der Waals surface area contributed by atoms with E-state index in [-0.39, 0.29) is 0 Å². The van der Waals surface area contributed by atoms with Gasteiger partial charge in [0.25, 0.3) is 0 Å². The largest absolute Gasteiger partial charge is 0.489 e. The fraction of sp³-hybridized carbons (Fsp3) is 0. The molecule has 0 aromatic heterocycles. The van der Waals surface area contributed by atoms with Gasteiger partial charge in [-0.2, -0.15) is 5.26 Å². The van der Waals surface area contributed by atoms with Crippen LogP contribution < -0.4 is 5.46 Å². The lowest BCUT2D eigenvalue weighted by Crippen LogP contribution is -2.33. The third-order valence-electron chi connectivity index (χ3n) is 1.48. The maximum Gasteiger partial charge on any atom is 0.489 e. The zero-order valence-electron chi connectivity index (χ0n) is 6.33. The maximum atomic E-state index is 12.8. The van der Waals surface area contributed by atoms with Crippen molar-refractivity contribution in [2.75, 3.05) is 0 Å². The second kappa shape index (κ2) is 3.52. The van der Waals surface area contributed by atoms with Crippen LogP contribution in [0.25, 0.3) is 0 Å². The average molecular weight is 183 g/mol. The van der Waals surface area contributed by atoms with Crippen LogP contribution in [0.2, 0.25) is 0 Å². The van der Waals surface area contributed by atoms with Gasteiger partial charge in [-0.15, -0.1) is 0 Å². The number of nitriles is 1. The zero-order valence-corrected chi connectivity index (χ0v) is 6.33. The molecule has 0 bridgehead atoms. The molecule has 0 aliphatic carbocycles. The molecule has 13 heavy (non-hydrogen) atoms. The Morgan fingerprint density at radius 1 is 1.31 bits per heavy atom. The van der Waals surface area contributed by atoms with Gasteiger partial charge < -0.3 is 10.0 Å². The Bertz CT molecular complexity index is 375. The summed E-state index contributed by atoms with van der Waals surface area (Å²) < 4.78 is 25.3. The Morgan fingerprint density at radius 3 is 2.38 bits per heavy atom. The highest BCUT2D eigenvalue weighted by Crippen LogP contribution is 2.06. The number of benzene rings is 1. The first kappa shape index (κ1) is 9.64. The topological polar surface area (TPSA) is 64.2 Å². The van der Waals surface area contributed by atoms with E-state index in [0.717, 1.165) is 0 Å². The second-order valence-corrected chi connectivity index (χ2v) is 2.34. The molecule has 0 aliphatic rings. The highest BCUT2D eigenvalue weighted by Gasteiger charge is 2.20. The Balaban J connectivity index is 3.41. The van der Waals surface area contributed by atoms with E-state index in [1.54, 1.807) is 0 Å². The van der Waals surface area contributed by atoms with Crippen LogP contribution in [0.1, 0.15) is 5.56 Å². The van der Waals surface area contributed by atoms with Crippen LogP contribution in [0, 0.1) is 23.0 Å². The molecule has 0 aliphatic heterocycles. The SMILES string of the molecule is N#Cc1c(F)cc(F)cc1B(O)O. The monoisotopic (exact) mass is 183 g/mol. The van der Waals surface area contributed by atoms with E-state index in [1.807, 2.05) is 0 Å². The zero-order chi connectivity index (χ0) is 10.0. The average Bonchev–Trinajstić information content (AvgIpc) is 2.02. The lowest BCUT2D eigenvalue weighted by Gasteiger charge is -2.02. The predicted molar refractivity (Wildman–Crippen MR) is 40.9 cm³/mol. The van der Waals surface area contributed by atoms with Gasteiger partial charge in [0.05, 0.1) is 5.56 Å². The standard InChI is InChI=1S/C7H4BF2NO2/c9-4-1-6(8(12)13)5(3-11)7(10)2-4/h1-2,12-13H. The van der Waals surface area contributed by atoms with Crippen LogP contribution in [0.3, 0.4) is 0 Å². The molecule has 0 radical (unpaired) electrons. The summed E-state index contributed by atoms with van der Waals surface area (Å²) in [5.74, 6) is -2.06. The smallest absolute Gasteiger partial charge is 0.423 e. The van der Waals surface area contributed by atoms with E-state index in [2.05, 4.69) is 0 Å². The molecule has 6 heteroatoms. The summed E-state index contributed by atoms with van der Waals surface area (Å²) in [4.78, 5) is 0. The molecule has 0 saturated carbocycles. The molecule has 0 saturated heterocycles. The Labute approximate surface area is 73.0 Å². The van der Waals surface area contributed by atoms with Gasteiger partial charge >= 0.3 is 7.12 Å². The van der Waals surface area contributed by atoms with Gasteiger partial charge in [0.15, 0.2) is 0 Å². The minimum absolute atomic E-state index is 0.472. The van der Waals surface area contributed by atoms with Gasteiger partial charge in [-0.25, -0.2) is 8.78 Å². The number of hydrogen-bond acceptors (Lipinski definition) is 3. The molecule has 66 valence electrons. The summed E-state index contributed by atoms with van der Waals surface area (Å²) in [7, 11) is -2.06. The van der Waals surface area contributed by atoms with Crippen molar-refractivity contribution in [3.63, 3.8) is 0 Å². The summed E-state index contributed by atoms with van der Waals surface area (Å²) in [6, 6.07) is 2.62. The van der Waals surface area contributed by atoms with E-state index >= 15 is 0 Å². The van der Waals surface area contributed by atoms with Crippen molar-refractivity contribution in [1.82, 2.24) is 0 Å². The minimum Gasteiger partial charge on any atom is -0.423 e. The van der Waals surface area contributed by atoms with Gasteiger partial charge in [-0.3, -0.25) is 0 Å². The first-order chi connectivity index (χ1) is 6.06. The number of rotatable bonds is 1. The van der Waals surface area contributed by atoms with Gasteiger partial charge in [-0.05, 0) is 6.07 Å². The maximum absolute atomic E-state index is 12.8. The highest BCUT2D eigenvalue weighted by molar-refractivity contribution is 6.59. The lowest BCUT2D eigenvalue weighted by atomic mass is 9.77. The van der Waals surface area contributed by atoms with Crippen molar-refractivity contribution in [1.29, 1.82) is 5.26 Å². The normalized spacial score (nSPS) is 9.46. The third kappa shape index (κ3) is 1.83. The quantitative estimate of drug-likeness (QED) is 0.577. The first-order valence-corrected chi connectivity index (χ1v) is 3.31. The van der Waals surface area contributed by atoms with E-state index in [0.29, 0.717) is 12.1 Å². The van der Waals surface area contributed by atoms with Crippen LogP contribution in [-0.4, -0.2) is 17.2 Å². The Hall–Kier alpha value is -1.45. The van der Waals surface area contributed by atoms with Crippen LogP contribution in [0.4, 0.5) is 8.78 Å². The molecule has 1 aromatic rings. The second-order valence-electron chi connectivity index (χ2n) is 2.34. The summed E-state index contributed by atoms with van der Waals surface area (Å²) >= 11 is 0. The molecule has 3 nitrogen and oxygen atoms in total. The number of hydrogen-bond donors (Lipinski definition) is 2. The van der Waals surface area contributed by atoms with E-state index in [1.165, 1.54) is 6.07 Å². The van der Waals surface area contributed by atoms with Crippen molar-refractivity contribution < 1.29 is 18.8 Å². The summed E-state index contributed by atoms with van der Waals surface area (Å²) in [6.07, 6.45) is 0. The van der Waals surface area contributed by atoms with Crippen LogP contribution >= 0.6 is 0 Å². The molecule has 0 amide bonds. The number of halogens is 2. The molecule has 0 unspecified atom stereocenters. The molecule has 1 aromatic carbocycles. The van der Waals surface area contributed by atoms with Gasteiger partial charge in [0, 0.05) is 11.5 Å². The van der Waals surface area contributed by atoms with Gasteiger partial charge in [0.2, 0.25) is 0 Å². The van der Waals surface area contributed by atoms with Crippen LogP contribution in [0.15, 0.2) is 12.1 Å². The van der Waals surface area contributed by atoms with E-state index in [9.17, 15) is 8.78 Å². The summed E-state index contributed by atoms with van der Waals surface area (Å²) in [6.45, 7) is 0. The molecule has 0 fully saturated rings. The minimum atomic E-state index is -2.06. The molecule has 1 rings (SSSR count). The van der Waals surface area contributed by atoms with Gasteiger partial charge in [0.1, 0.15) is 17.7 Å². The number of nitrogens with zero attached hydrogens (tertiary/aromatic N) is 1. The molecular weight excluding hydrogens is 179 g/mol. The fourth-order valence-electron chi connectivity index (χ4n) is 0.915. The first-order valence-electron chi connectivity index (χ1n) is 3.31. The Morgan fingerprint density at radius 2 is 1.92 bits per heavy atom. The van der Waals surface area contributed by atoms with Crippen molar-refractivity contribution in [3.8, 4) is 6.07 Å². The van der Waals surface area contributed by atoms with Crippen molar-refractivity contribution in [2.45, 2.75) is 0 Å². The Kier molecular flexibility index (Phi) is 2.61. The van der Waals surface area contributed by atoms with Crippen molar-refractivity contribution in [2.24, 2.45) is 0 Å². The van der Waals surface area contributed by atoms with Crippen LogP contribution in [-0.2, 0) is 0 Å². The summed E-state index contributed by atoms with van der Waals surface area (Å²) in [5, 5.41) is 25.7. The third-order valence-corrected chi connectivity index (χ3v) is 1.48. The summed E-state index contributed by atoms with van der Waals surface area (Å²) in [5.41, 5.74) is -1.03. The lowest BCUT2D eigenvalue weighted by molar-refractivity contribution is 0.424. The predicted octanol–water partition coefficient (Wildman–Crippen LogP) is -0.484. The van der Waals surface area contributed by atoms with Crippen molar-refractivity contribution in [3.05, 3.63) is 29.3 Å². The molecule has 0 spiro atoms.